The molecule has 0 aliphatic carbocycles. The van der Waals surface area contributed by atoms with Crippen molar-refractivity contribution >= 4 is 16.9 Å². The second kappa shape index (κ2) is 7.83. The Hall–Kier alpha value is -2.49. The lowest BCUT2D eigenvalue weighted by Gasteiger charge is -2.43. The Morgan fingerprint density at radius 3 is 2.72 bits per heavy atom. The first kappa shape index (κ1) is 20.1. The number of nitrogens with one attached hydrogen (secondary N) is 1. The predicted molar refractivity (Wildman–Crippen MR) is 121 cm³/mol. The first-order chi connectivity index (χ1) is 15.6. The Balaban J connectivity index is 1.58. The lowest BCUT2D eigenvalue weighted by Crippen LogP contribution is -2.51. The molecule has 0 amide bonds. The standard InChI is InChI=1S/C23H31N7O2/c1-14(2)22-17-10-20(28-8-9-31-11-15(28)3)25-23-21(17)18(5-7-29(22)16-12-32-13-16)27-30(23)19-4-6-24-26-19/h4,6,10,14-16,22H,5,7-9,11-13H2,1-3H3,(H,24,26)/t15-,22?/m1/s1. The third-order valence-electron chi connectivity index (χ3n) is 7.11. The molecular weight excluding hydrogens is 406 g/mol. The van der Waals surface area contributed by atoms with Gasteiger partial charge in [-0.05, 0) is 24.5 Å². The van der Waals surface area contributed by atoms with Gasteiger partial charge in [-0.2, -0.15) is 14.9 Å². The summed E-state index contributed by atoms with van der Waals surface area (Å²) >= 11 is 0. The van der Waals surface area contributed by atoms with Gasteiger partial charge in [0.05, 0.1) is 50.4 Å². The van der Waals surface area contributed by atoms with E-state index in [1.807, 2.05) is 10.7 Å². The van der Waals surface area contributed by atoms with Crippen molar-refractivity contribution in [1.82, 2.24) is 29.9 Å². The van der Waals surface area contributed by atoms with Crippen LogP contribution in [0.4, 0.5) is 5.82 Å². The summed E-state index contributed by atoms with van der Waals surface area (Å²) in [6, 6.07) is 5.33. The smallest absolute Gasteiger partial charge is 0.167 e. The van der Waals surface area contributed by atoms with Crippen molar-refractivity contribution < 1.29 is 9.47 Å². The second-order valence-corrected chi connectivity index (χ2v) is 9.55. The molecule has 32 heavy (non-hydrogen) atoms. The van der Waals surface area contributed by atoms with Crippen LogP contribution < -0.4 is 4.90 Å². The predicted octanol–water partition coefficient (Wildman–Crippen LogP) is 2.32. The molecule has 9 nitrogen and oxygen atoms in total. The van der Waals surface area contributed by atoms with Gasteiger partial charge in [0.25, 0.3) is 0 Å². The molecule has 0 radical (unpaired) electrons. The molecule has 170 valence electrons. The van der Waals surface area contributed by atoms with Crippen LogP contribution in [0.15, 0.2) is 18.3 Å². The van der Waals surface area contributed by atoms with Crippen LogP contribution in [0.1, 0.15) is 38.1 Å². The number of H-pyrrole nitrogens is 1. The highest BCUT2D eigenvalue weighted by atomic mass is 16.5. The molecule has 2 saturated heterocycles. The van der Waals surface area contributed by atoms with Crippen molar-refractivity contribution in [1.29, 1.82) is 0 Å². The van der Waals surface area contributed by atoms with E-state index in [1.54, 1.807) is 6.20 Å². The highest BCUT2D eigenvalue weighted by Crippen LogP contribution is 2.41. The van der Waals surface area contributed by atoms with Gasteiger partial charge in [0, 0.05) is 37.0 Å². The second-order valence-electron chi connectivity index (χ2n) is 9.55. The zero-order valence-corrected chi connectivity index (χ0v) is 19.0. The lowest BCUT2D eigenvalue weighted by atomic mass is 9.91. The van der Waals surface area contributed by atoms with Gasteiger partial charge in [-0.25, -0.2) is 4.98 Å². The van der Waals surface area contributed by atoms with Crippen LogP contribution in [0, 0.1) is 5.92 Å². The average molecular weight is 438 g/mol. The van der Waals surface area contributed by atoms with E-state index in [9.17, 15) is 0 Å². The Bertz CT molecular complexity index is 1110. The molecule has 1 N–H and O–H groups in total. The molecule has 0 aromatic carbocycles. The summed E-state index contributed by atoms with van der Waals surface area (Å²) in [7, 11) is 0. The van der Waals surface area contributed by atoms with Gasteiger partial charge in [0.1, 0.15) is 5.82 Å². The van der Waals surface area contributed by atoms with Crippen LogP contribution in [0.3, 0.4) is 0 Å². The minimum atomic E-state index is 0.281. The maximum atomic E-state index is 5.70. The number of anilines is 1. The minimum absolute atomic E-state index is 0.281. The zero-order chi connectivity index (χ0) is 21.8. The molecule has 2 fully saturated rings. The molecule has 0 saturated carbocycles. The van der Waals surface area contributed by atoms with E-state index in [0.717, 1.165) is 68.9 Å². The lowest BCUT2D eigenvalue weighted by molar-refractivity contribution is -0.0854. The van der Waals surface area contributed by atoms with E-state index in [0.29, 0.717) is 18.0 Å². The molecule has 3 aromatic rings. The van der Waals surface area contributed by atoms with E-state index >= 15 is 0 Å². The van der Waals surface area contributed by atoms with Gasteiger partial charge >= 0.3 is 0 Å². The van der Waals surface area contributed by atoms with Crippen LogP contribution in [0.25, 0.3) is 16.9 Å². The van der Waals surface area contributed by atoms with Crippen molar-refractivity contribution in [3.8, 4) is 5.82 Å². The van der Waals surface area contributed by atoms with Crippen molar-refractivity contribution in [3.05, 3.63) is 29.6 Å². The van der Waals surface area contributed by atoms with Crippen molar-refractivity contribution in [2.75, 3.05) is 44.4 Å². The molecule has 3 aliphatic heterocycles. The van der Waals surface area contributed by atoms with Crippen molar-refractivity contribution in [2.45, 2.75) is 45.3 Å². The van der Waals surface area contributed by atoms with E-state index in [1.165, 1.54) is 10.9 Å². The fourth-order valence-electron chi connectivity index (χ4n) is 5.48. The van der Waals surface area contributed by atoms with E-state index < -0.39 is 0 Å². The van der Waals surface area contributed by atoms with Gasteiger partial charge < -0.3 is 14.4 Å². The highest BCUT2D eigenvalue weighted by Gasteiger charge is 2.38. The number of rotatable bonds is 4. The van der Waals surface area contributed by atoms with Gasteiger partial charge in [-0.15, -0.1) is 0 Å². The van der Waals surface area contributed by atoms with Gasteiger partial charge in [-0.1, -0.05) is 13.8 Å². The Morgan fingerprint density at radius 1 is 1.16 bits per heavy atom. The third-order valence-corrected chi connectivity index (χ3v) is 7.11. The van der Waals surface area contributed by atoms with Gasteiger partial charge in [-0.3, -0.25) is 10.00 Å². The number of aromatic amines is 1. The molecule has 1 unspecified atom stereocenters. The summed E-state index contributed by atoms with van der Waals surface area (Å²) < 4.78 is 13.2. The van der Waals surface area contributed by atoms with Gasteiger partial charge in [0.2, 0.25) is 0 Å². The number of ether oxygens (including phenoxy) is 2. The number of hydrogen-bond acceptors (Lipinski definition) is 7. The Morgan fingerprint density at radius 2 is 2.03 bits per heavy atom. The molecule has 6 rings (SSSR count). The monoisotopic (exact) mass is 437 g/mol. The average Bonchev–Trinajstić information content (AvgIpc) is 3.35. The quantitative estimate of drug-likeness (QED) is 0.671. The molecule has 0 bridgehead atoms. The molecule has 0 spiro atoms. The molecule has 3 aliphatic rings. The van der Waals surface area contributed by atoms with Crippen LogP contribution >= 0.6 is 0 Å². The van der Waals surface area contributed by atoms with E-state index in [-0.39, 0.29) is 6.04 Å². The topological polar surface area (TPSA) is 84.3 Å². The maximum Gasteiger partial charge on any atom is 0.167 e. The summed E-state index contributed by atoms with van der Waals surface area (Å²) in [6.45, 7) is 11.8. The molecule has 2 atom stereocenters. The molecule has 3 aromatic heterocycles. The first-order valence-corrected chi connectivity index (χ1v) is 11.7. The van der Waals surface area contributed by atoms with Crippen LogP contribution in [0.5, 0.6) is 0 Å². The fraction of sp³-hybridized carbons (Fsp3) is 0.609. The third kappa shape index (κ3) is 3.14. The van der Waals surface area contributed by atoms with Crippen LogP contribution in [-0.4, -0.2) is 81.5 Å². The van der Waals surface area contributed by atoms with Crippen LogP contribution in [0.2, 0.25) is 0 Å². The SMILES string of the molecule is CC(C)C1c2cc(N3CCOC[C@H]3C)nc3c2c(nn3-c2ccn[nH]2)CCN1C1COC1. The normalized spacial score (nSPS) is 24.8. The first-order valence-electron chi connectivity index (χ1n) is 11.7. The number of morpholine rings is 1. The van der Waals surface area contributed by atoms with E-state index in [4.69, 9.17) is 19.6 Å². The maximum absolute atomic E-state index is 5.70. The highest BCUT2D eigenvalue weighted by molar-refractivity contribution is 5.86. The largest absolute Gasteiger partial charge is 0.378 e. The number of hydrogen-bond donors (Lipinski definition) is 1. The van der Waals surface area contributed by atoms with Gasteiger partial charge in [0.15, 0.2) is 11.5 Å². The molecular formula is C23H31N7O2. The summed E-state index contributed by atoms with van der Waals surface area (Å²) in [5.41, 5.74) is 3.36. The molecule has 6 heterocycles. The zero-order valence-electron chi connectivity index (χ0n) is 19.0. The van der Waals surface area contributed by atoms with Crippen LogP contribution in [-0.2, 0) is 15.9 Å². The number of pyridine rings is 1. The summed E-state index contributed by atoms with van der Waals surface area (Å²) in [5, 5.41) is 13.5. The van der Waals surface area contributed by atoms with E-state index in [2.05, 4.69) is 46.8 Å². The molecule has 9 heteroatoms. The number of aromatic nitrogens is 5. The Labute approximate surface area is 187 Å². The summed E-state index contributed by atoms with van der Waals surface area (Å²) in [5.74, 6) is 2.31. The summed E-state index contributed by atoms with van der Waals surface area (Å²) in [4.78, 5) is 10.2. The van der Waals surface area contributed by atoms with Crippen molar-refractivity contribution in [3.63, 3.8) is 0 Å². The minimum Gasteiger partial charge on any atom is -0.378 e. The van der Waals surface area contributed by atoms with Crippen molar-refractivity contribution in [2.24, 2.45) is 5.92 Å². The number of nitrogens with zero attached hydrogens (tertiary/aromatic N) is 6. The fourth-order valence-corrected chi connectivity index (χ4v) is 5.48. The summed E-state index contributed by atoms with van der Waals surface area (Å²) in [6.07, 6.45) is 2.66. The Kier molecular flexibility index (Phi) is 4.93.